The van der Waals surface area contributed by atoms with Crippen molar-refractivity contribution in [2.75, 3.05) is 0 Å². The zero-order chi connectivity index (χ0) is 32.9. The Morgan fingerprint density at radius 2 is 0.980 bits per heavy atom. The predicted octanol–water partition coefficient (Wildman–Crippen LogP) is 11.8. The van der Waals surface area contributed by atoms with Crippen molar-refractivity contribution in [2.24, 2.45) is 0 Å². The number of fused-ring (bicyclic) bond motifs is 5. The van der Waals surface area contributed by atoms with E-state index in [4.69, 9.17) is 0 Å². The molecule has 0 spiro atoms. The normalized spacial score (nSPS) is 11.2. The van der Waals surface area contributed by atoms with Crippen molar-refractivity contribution in [1.29, 1.82) is 10.5 Å². The molecule has 1 aromatic heterocycles. The fourth-order valence-electron chi connectivity index (χ4n) is 7.53. The van der Waals surface area contributed by atoms with Gasteiger partial charge in [0.1, 0.15) is 0 Å². The lowest BCUT2D eigenvalue weighted by Crippen LogP contribution is -1.95. The molecular formula is C46H27N3. The zero-order valence-corrected chi connectivity index (χ0v) is 26.4. The molecule has 0 N–H and O–H groups in total. The third-order valence-corrected chi connectivity index (χ3v) is 9.64. The summed E-state index contributed by atoms with van der Waals surface area (Å²) >= 11 is 0. The van der Waals surface area contributed by atoms with Gasteiger partial charge in [-0.05, 0) is 97.4 Å². The van der Waals surface area contributed by atoms with Crippen molar-refractivity contribution in [2.45, 2.75) is 0 Å². The monoisotopic (exact) mass is 621 g/mol. The Hall–Kier alpha value is -6.94. The van der Waals surface area contributed by atoms with Crippen LogP contribution in [0.1, 0.15) is 11.1 Å². The minimum atomic E-state index is 0.621. The highest BCUT2D eigenvalue weighted by Crippen LogP contribution is 2.44. The largest absolute Gasteiger partial charge is 0.309 e. The van der Waals surface area contributed by atoms with Gasteiger partial charge in [0.05, 0.1) is 34.3 Å². The second kappa shape index (κ2) is 11.4. The first kappa shape index (κ1) is 28.3. The van der Waals surface area contributed by atoms with Gasteiger partial charge in [0.25, 0.3) is 0 Å². The van der Waals surface area contributed by atoms with Crippen LogP contribution < -0.4 is 0 Å². The van der Waals surface area contributed by atoms with Crippen LogP contribution in [-0.4, -0.2) is 4.57 Å². The van der Waals surface area contributed by atoms with Gasteiger partial charge in [-0.3, -0.25) is 0 Å². The molecule has 226 valence electrons. The van der Waals surface area contributed by atoms with Crippen LogP contribution >= 0.6 is 0 Å². The van der Waals surface area contributed by atoms with Crippen LogP contribution in [0.25, 0.3) is 82.4 Å². The van der Waals surface area contributed by atoms with Crippen molar-refractivity contribution in [3.8, 4) is 51.2 Å². The molecule has 8 aromatic carbocycles. The number of rotatable bonds is 4. The molecule has 0 aliphatic rings. The van der Waals surface area contributed by atoms with Crippen LogP contribution in [0.5, 0.6) is 0 Å². The SMILES string of the molecule is N#Cc1ccc2c(c1)c1ccccc1n2-c1cccc(-c2ccc(-c3c4ccccc4c(-c4ccccc4)c4ccccc34)cc2C#N)c1. The second-order valence-corrected chi connectivity index (χ2v) is 12.3. The predicted molar refractivity (Wildman–Crippen MR) is 202 cm³/mol. The summed E-state index contributed by atoms with van der Waals surface area (Å²) in [6, 6.07) is 61.4. The first-order valence-corrected chi connectivity index (χ1v) is 16.3. The standard InChI is InChI=1S/C46H27N3/c47-28-30-21-24-44-42(25-30)37-15-8-9-20-43(37)49(44)35-14-10-13-32(27-35)36-23-22-33(26-34(36)29-48)46-40-18-6-4-16-38(40)45(31-11-2-1-3-12-31)39-17-5-7-19-41(39)46/h1-27H. The minimum Gasteiger partial charge on any atom is -0.309 e. The summed E-state index contributed by atoms with van der Waals surface area (Å²) in [6.07, 6.45) is 0. The first-order valence-electron chi connectivity index (χ1n) is 16.3. The molecule has 0 saturated carbocycles. The van der Waals surface area contributed by atoms with Crippen molar-refractivity contribution < 1.29 is 0 Å². The van der Waals surface area contributed by atoms with E-state index >= 15 is 0 Å². The number of hydrogen-bond donors (Lipinski definition) is 0. The Labute approximate surface area is 283 Å². The van der Waals surface area contributed by atoms with Crippen LogP contribution in [0, 0.1) is 22.7 Å². The van der Waals surface area contributed by atoms with E-state index in [2.05, 4.69) is 138 Å². The fraction of sp³-hybridized carbons (Fsp3) is 0. The summed E-state index contributed by atoms with van der Waals surface area (Å²) in [7, 11) is 0. The van der Waals surface area contributed by atoms with Gasteiger partial charge >= 0.3 is 0 Å². The Kier molecular flexibility index (Phi) is 6.58. The van der Waals surface area contributed by atoms with Crippen molar-refractivity contribution in [1.82, 2.24) is 4.57 Å². The van der Waals surface area contributed by atoms with Crippen molar-refractivity contribution in [3.63, 3.8) is 0 Å². The molecular weight excluding hydrogens is 595 g/mol. The van der Waals surface area contributed by atoms with E-state index < -0.39 is 0 Å². The van der Waals surface area contributed by atoms with Crippen LogP contribution in [-0.2, 0) is 0 Å². The maximum atomic E-state index is 10.6. The van der Waals surface area contributed by atoms with Gasteiger partial charge in [0, 0.05) is 16.5 Å². The van der Waals surface area contributed by atoms with Crippen LogP contribution in [0.3, 0.4) is 0 Å². The molecule has 0 saturated heterocycles. The van der Waals surface area contributed by atoms with E-state index in [9.17, 15) is 10.5 Å². The van der Waals surface area contributed by atoms with Crippen LogP contribution in [0.15, 0.2) is 164 Å². The summed E-state index contributed by atoms with van der Waals surface area (Å²) < 4.78 is 2.24. The number of nitriles is 2. The van der Waals surface area contributed by atoms with E-state index in [0.29, 0.717) is 11.1 Å². The van der Waals surface area contributed by atoms with E-state index in [1.54, 1.807) is 0 Å². The average Bonchev–Trinajstić information content (AvgIpc) is 3.50. The number of aromatic nitrogens is 1. The maximum absolute atomic E-state index is 10.6. The van der Waals surface area contributed by atoms with E-state index in [-0.39, 0.29) is 0 Å². The molecule has 0 atom stereocenters. The molecule has 49 heavy (non-hydrogen) atoms. The highest BCUT2D eigenvalue weighted by atomic mass is 15.0. The molecule has 3 heteroatoms. The van der Waals surface area contributed by atoms with E-state index in [1.807, 2.05) is 42.5 Å². The average molecular weight is 622 g/mol. The van der Waals surface area contributed by atoms with E-state index in [1.165, 1.54) is 21.9 Å². The quantitative estimate of drug-likeness (QED) is 0.184. The van der Waals surface area contributed by atoms with Gasteiger partial charge < -0.3 is 4.57 Å². The van der Waals surface area contributed by atoms with E-state index in [0.717, 1.165) is 60.5 Å². The van der Waals surface area contributed by atoms with Gasteiger partial charge in [0.15, 0.2) is 0 Å². The lowest BCUT2D eigenvalue weighted by Gasteiger charge is -2.18. The molecule has 0 radical (unpaired) electrons. The van der Waals surface area contributed by atoms with Crippen LogP contribution in [0.4, 0.5) is 0 Å². The fourth-order valence-corrected chi connectivity index (χ4v) is 7.53. The van der Waals surface area contributed by atoms with Gasteiger partial charge in [-0.1, -0.05) is 121 Å². The Morgan fingerprint density at radius 1 is 0.388 bits per heavy atom. The zero-order valence-electron chi connectivity index (χ0n) is 26.4. The first-order chi connectivity index (χ1) is 24.2. The molecule has 1 heterocycles. The van der Waals surface area contributed by atoms with Gasteiger partial charge in [0.2, 0.25) is 0 Å². The van der Waals surface area contributed by atoms with Gasteiger partial charge in [-0.25, -0.2) is 0 Å². The Bertz CT molecular complexity index is 2790. The highest BCUT2D eigenvalue weighted by Gasteiger charge is 2.18. The van der Waals surface area contributed by atoms with Gasteiger partial charge in [-0.2, -0.15) is 10.5 Å². The summed E-state index contributed by atoms with van der Waals surface area (Å²) in [5.41, 5.74) is 10.8. The summed E-state index contributed by atoms with van der Waals surface area (Å²) in [5.74, 6) is 0. The molecule has 0 aliphatic carbocycles. The summed E-state index contributed by atoms with van der Waals surface area (Å²) in [5, 5.41) is 27.0. The highest BCUT2D eigenvalue weighted by molar-refractivity contribution is 6.21. The Morgan fingerprint density at radius 3 is 1.65 bits per heavy atom. The third kappa shape index (κ3) is 4.49. The smallest absolute Gasteiger partial charge is 0.0998 e. The molecule has 9 aromatic rings. The molecule has 0 fully saturated rings. The topological polar surface area (TPSA) is 52.5 Å². The number of nitrogens with zero attached hydrogens (tertiary/aromatic N) is 3. The summed E-state index contributed by atoms with van der Waals surface area (Å²) in [6.45, 7) is 0. The number of hydrogen-bond acceptors (Lipinski definition) is 2. The number of benzene rings is 8. The molecule has 0 aliphatic heterocycles. The lowest BCUT2D eigenvalue weighted by molar-refractivity contribution is 1.18. The summed E-state index contributed by atoms with van der Waals surface area (Å²) in [4.78, 5) is 0. The Balaban J connectivity index is 1.23. The third-order valence-electron chi connectivity index (χ3n) is 9.64. The maximum Gasteiger partial charge on any atom is 0.0998 e. The number of para-hydroxylation sites is 1. The van der Waals surface area contributed by atoms with Crippen molar-refractivity contribution >= 4 is 43.4 Å². The van der Waals surface area contributed by atoms with Crippen LogP contribution in [0.2, 0.25) is 0 Å². The molecule has 0 bridgehead atoms. The molecule has 0 amide bonds. The molecule has 0 unspecified atom stereocenters. The van der Waals surface area contributed by atoms with Gasteiger partial charge in [-0.15, -0.1) is 0 Å². The second-order valence-electron chi connectivity index (χ2n) is 12.3. The van der Waals surface area contributed by atoms with Crippen molar-refractivity contribution in [3.05, 3.63) is 175 Å². The molecule has 3 nitrogen and oxygen atoms in total. The molecule has 9 rings (SSSR count). The minimum absolute atomic E-state index is 0.621. The lowest BCUT2D eigenvalue weighted by atomic mass is 9.85.